The fourth-order valence-electron chi connectivity index (χ4n) is 6.35. The van der Waals surface area contributed by atoms with E-state index in [2.05, 4.69) is 10.6 Å². The minimum absolute atomic E-state index is 0.119. The van der Waals surface area contributed by atoms with Crippen LogP contribution in [-0.2, 0) is 18.3 Å². The average molecular weight is 604 g/mol. The van der Waals surface area contributed by atoms with Crippen molar-refractivity contribution in [3.8, 4) is 5.75 Å². The number of anilines is 1. The van der Waals surface area contributed by atoms with Crippen molar-refractivity contribution in [2.75, 3.05) is 32.1 Å². The number of para-hydroxylation sites is 1. The van der Waals surface area contributed by atoms with E-state index in [1.165, 1.54) is 6.42 Å². The molecule has 0 saturated heterocycles. The third kappa shape index (κ3) is 7.01. The second kappa shape index (κ2) is 13.7. The number of aromatic nitrogens is 1. The van der Waals surface area contributed by atoms with Crippen molar-refractivity contribution < 1.29 is 24.2 Å². The number of amides is 4. The van der Waals surface area contributed by atoms with Crippen molar-refractivity contribution in [1.29, 1.82) is 0 Å². The number of fused-ring (bicyclic) bond motifs is 2. The molecular formula is C34H45N5O5. The predicted molar refractivity (Wildman–Crippen MR) is 171 cm³/mol. The van der Waals surface area contributed by atoms with Crippen LogP contribution in [0.4, 0.5) is 10.5 Å². The van der Waals surface area contributed by atoms with E-state index in [0.717, 1.165) is 42.1 Å². The molecule has 1 saturated carbocycles. The van der Waals surface area contributed by atoms with Gasteiger partial charge in [-0.2, -0.15) is 0 Å². The molecule has 3 N–H and O–H groups in total. The maximum atomic E-state index is 13.8. The van der Waals surface area contributed by atoms with Crippen molar-refractivity contribution >= 4 is 34.4 Å². The summed E-state index contributed by atoms with van der Waals surface area (Å²) in [5.41, 5.74) is 2.76. The number of aliphatic hydroxyl groups is 1. The molecular weight excluding hydrogens is 558 g/mol. The molecule has 4 amide bonds. The zero-order valence-corrected chi connectivity index (χ0v) is 26.2. The summed E-state index contributed by atoms with van der Waals surface area (Å²) >= 11 is 0. The molecule has 2 heterocycles. The number of aliphatic hydroxyl groups excluding tert-OH is 1. The van der Waals surface area contributed by atoms with Gasteiger partial charge in [0.2, 0.25) is 5.91 Å². The lowest BCUT2D eigenvalue weighted by Crippen LogP contribution is -2.52. The second-order valence-electron chi connectivity index (χ2n) is 12.5. The number of nitrogens with zero attached hydrogens (tertiary/aromatic N) is 3. The summed E-state index contributed by atoms with van der Waals surface area (Å²) in [6, 6.07) is 12.7. The highest BCUT2D eigenvalue weighted by molar-refractivity contribution is 6.00. The maximum absolute atomic E-state index is 13.8. The van der Waals surface area contributed by atoms with Gasteiger partial charge in [0.15, 0.2) is 0 Å². The van der Waals surface area contributed by atoms with Crippen LogP contribution in [0.15, 0.2) is 48.7 Å². The molecule has 10 heteroatoms. The van der Waals surface area contributed by atoms with Gasteiger partial charge in [0, 0.05) is 55.4 Å². The molecule has 0 spiro atoms. The van der Waals surface area contributed by atoms with Gasteiger partial charge in [0.25, 0.3) is 5.91 Å². The van der Waals surface area contributed by atoms with Gasteiger partial charge in [-0.05, 0) is 49.6 Å². The normalized spacial score (nSPS) is 19.8. The van der Waals surface area contributed by atoms with Gasteiger partial charge < -0.3 is 34.8 Å². The molecule has 2 aromatic carbocycles. The molecule has 1 aliphatic carbocycles. The van der Waals surface area contributed by atoms with Crippen LogP contribution >= 0.6 is 0 Å². The first-order chi connectivity index (χ1) is 21.1. The Balaban J connectivity index is 1.34. The summed E-state index contributed by atoms with van der Waals surface area (Å²) in [7, 11) is 3.72. The van der Waals surface area contributed by atoms with Gasteiger partial charge in [-0.3, -0.25) is 9.59 Å². The molecule has 0 unspecified atom stereocenters. The van der Waals surface area contributed by atoms with Gasteiger partial charge in [-0.25, -0.2) is 4.79 Å². The summed E-state index contributed by atoms with van der Waals surface area (Å²) in [5.74, 6) is -0.209. The van der Waals surface area contributed by atoms with Crippen LogP contribution in [0.1, 0.15) is 61.9 Å². The Hall–Kier alpha value is -4.05. The topological polar surface area (TPSA) is 116 Å². The Bertz CT molecular complexity index is 1500. The van der Waals surface area contributed by atoms with Crippen LogP contribution in [0.25, 0.3) is 10.9 Å². The highest BCUT2D eigenvalue weighted by atomic mass is 16.5. The molecule has 3 atom stereocenters. The highest BCUT2D eigenvalue weighted by Crippen LogP contribution is 2.31. The van der Waals surface area contributed by atoms with E-state index >= 15 is 0 Å². The molecule has 44 heavy (non-hydrogen) atoms. The molecule has 1 aromatic heterocycles. The fourth-order valence-corrected chi connectivity index (χ4v) is 6.35. The Morgan fingerprint density at radius 1 is 1.14 bits per heavy atom. The smallest absolute Gasteiger partial charge is 0.317 e. The first-order valence-electron chi connectivity index (χ1n) is 15.7. The fraction of sp³-hybridized carbons (Fsp3) is 0.500. The van der Waals surface area contributed by atoms with E-state index < -0.39 is 12.1 Å². The molecule has 1 fully saturated rings. The third-order valence-electron chi connectivity index (χ3n) is 9.01. The van der Waals surface area contributed by atoms with Crippen LogP contribution in [-0.4, -0.2) is 82.3 Å². The Morgan fingerprint density at radius 3 is 2.64 bits per heavy atom. The van der Waals surface area contributed by atoms with Crippen LogP contribution in [0, 0.1) is 5.92 Å². The van der Waals surface area contributed by atoms with Gasteiger partial charge in [0.1, 0.15) is 11.9 Å². The van der Waals surface area contributed by atoms with Crippen molar-refractivity contribution in [2.24, 2.45) is 13.0 Å². The van der Waals surface area contributed by atoms with E-state index in [1.54, 1.807) is 42.0 Å². The molecule has 5 rings (SSSR count). The summed E-state index contributed by atoms with van der Waals surface area (Å²) in [5, 5.41) is 17.1. The minimum atomic E-state index is -0.423. The standard InChI is InChI=1S/C34H45N5O5/c1-22-18-39(23(2)21-40)33(42)28-17-26(35-32(41)16-24-19-37(3)29-13-9-8-12-27(24)29)14-15-30(28)44-31(22)20-38(4)34(43)36-25-10-6-5-7-11-25/h8-9,12-15,17,19,22-23,25,31,40H,5-7,10-11,16,18,20-21H2,1-4H3,(H,35,41)(H,36,43)/t22-,23-,31+/m1/s1. The largest absolute Gasteiger partial charge is 0.487 e. The van der Waals surface area contributed by atoms with Crippen LogP contribution < -0.4 is 15.4 Å². The van der Waals surface area contributed by atoms with E-state index in [4.69, 9.17) is 4.74 Å². The summed E-state index contributed by atoms with van der Waals surface area (Å²) in [4.78, 5) is 43.3. The third-order valence-corrected chi connectivity index (χ3v) is 9.01. The number of likely N-dealkylation sites (N-methyl/N-ethyl adjacent to an activating group) is 1. The number of ether oxygens (including phenoxy) is 1. The van der Waals surface area contributed by atoms with Gasteiger partial charge in [-0.1, -0.05) is 44.4 Å². The lowest BCUT2D eigenvalue weighted by atomic mass is 9.96. The lowest BCUT2D eigenvalue weighted by molar-refractivity contribution is -0.115. The number of hydrogen-bond acceptors (Lipinski definition) is 5. The van der Waals surface area contributed by atoms with E-state index in [9.17, 15) is 19.5 Å². The van der Waals surface area contributed by atoms with Crippen LogP contribution in [0.5, 0.6) is 5.75 Å². The highest BCUT2D eigenvalue weighted by Gasteiger charge is 2.34. The van der Waals surface area contributed by atoms with Crippen LogP contribution in [0.2, 0.25) is 0 Å². The van der Waals surface area contributed by atoms with E-state index in [1.807, 2.05) is 49.0 Å². The number of hydrogen-bond donors (Lipinski definition) is 3. The average Bonchev–Trinajstić information content (AvgIpc) is 3.33. The molecule has 3 aromatic rings. The van der Waals surface area contributed by atoms with Gasteiger partial charge in [0.05, 0.1) is 31.2 Å². The zero-order chi connectivity index (χ0) is 31.4. The number of nitrogens with one attached hydrogen (secondary N) is 2. The predicted octanol–water partition coefficient (Wildman–Crippen LogP) is 4.55. The van der Waals surface area contributed by atoms with Gasteiger partial charge >= 0.3 is 6.03 Å². The monoisotopic (exact) mass is 603 g/mol. The summed E-state index contributed by atoms with van der Waals surface area (Å²) < 4.78 is 8.46. The zero-order valence-electron chi connectivity index (χ0n) is 26.2. The van der Waals surface area contributed by atoms with Crippen molar-refractivity contribution in [3.63, 3.8) is 0 Å². The number of rotatable bonds is 8. The maximum Gasteiger partial charge on any atom is 0.317 e. The lowest BCUT2D eigenvalue weighted by Gasteiger charge is -2.38. The molecule has 236 valence electrons. The van der Waals surface area contributed by atoms with Gasteiger partial charge in [-0.15, -0.1) is 0 Å². The van der Waals surface area contributed by atoms with Crippen molar-refractivity contribution in [1.82, 2.24) is 19.7 Å². The molecule has 0 radical (unpaired) electrons. The Labute approximate surface area is 259 Å². The Kier molecular flexibility index (Phi) is 9.78. The number of carbonyl (C=O) groups excluding carboxylic acids is 3. The van der Waals surface area contributed by atoms with Crippen molar-refractivity contribution in [3.05, 3.63) is 59.8 Å². The number of carbonyl (C=O) groups is 3. The molecule has 1 aliphatic heterocycles. The molecule has 2 aliphatic rings. The van der Waals surface area contributed by atoms with Crippen LogP contribution in [0.3, 0.4) is 0 Å². The first kappa shape index (κ1) is 31.4. The molecule has 0 bridgehead atoms. The number of aryl methyl sites for hydroxylation is 1. The second-order valence-corrected chi connectivity index (χ2v) is 12.5. The van der Waals surface area contributed by atoms with E-state index in [0.29, 0.717) is 30.1 Å². The minimum Gasteiger partial charge on any atom is -0.487 e. The summed E-state index contributed by atoms with van der Waals surface area (Å²) in [6.07, 6.45) is 7.23. The first-order valence-corrected chi connectivity index (χ1v) is 15.7. The summed E-state index contributed by atoms with van der Waals surface area (Å²) in [6.45, 7) is 4.29. The number of benzene rings is 2. The Morgan fingerprint density at radius 2 is 1.89 bits per heavy atom. The van der Waals surface area contributed by atoms with E-state index in [-0.39, 0.29) is 42.8 Å². The quantitative estimate of drug-likeness (QED) is 0.349. The molecule has 10 nitrogen and oxygen atoms in total. The SMILES string of the molecule is C[C@@H]1CN([C@H](C)CO)C(=O)c2cc(NC(=O)Cc3cn(C)c4ccccc34)ccc2O[C@H]1CN(C)C(=O)NC1CCCCC1. The number of urea groups is 1. The van der Waals surface area contributed by atoms with Crippen molar-refractivity contribution in [2.45, 2.75) is 70.6 Å².